The molecule has 0 amide bonds. The van der Waals surface area contributed by atoms with E-state index in [9.17, 15) is 19.1 Å². The van der Waals surface area contributed by atoms with Gasteiger partial charge in [-0.3, -0.25) is 0 Å². The van der Waals surface area contributed by atoms with Gasteiger partial charge < -0.3 is 14.6 Å². The van der Waals surface area contributed by atoms with Crippen LogP contribution in [0.5, 0.6) is 0 Å². The molecule has 3 rings (SSSR count). The summed E-state index contributed by atoms with van der Waals surface area (Å²) in [7, 11) is 0. The third-order valence-electron chi connectivity index (χ3n) is 3.97. The first kappa shape index (κ1) is 18.4. The highest BCUT2D eigenvalue weighted by Gasteiger charge is 2.49. The van der Waals surface area contributed by atoms with Crippen LogP contribution in [0.15, 0.2) is 54.6 Å². The molecule has 1 aliphatic heterocycles. The molecule has 136 valence electrons. The summed E-state index contributed by atoms with van der Waals surface area (Å²) in [6, 6.07) is 14.9. The Morgan fingerprint density at radius 3 is 2.35 bits per heavy atom. The second kappa shape index (κ2) is 7.88. The number of carbonyl (C=O) groups excluding carboxylic acids is 2. The summed E-state index contributed by atoms with van der Waals surface area (Å²) in [5, 5.41) is 9.77. The minimum absolute atomic E-state index is 0.245. The van der Waals surface area contributed by atoms with Crippen LogP contribution in [-0.4, -0.2) is 40.2 Å². The fourth-order valence-corrected chi connectivity index (χ4v) is 3.64. The molecule has 1 saturated heterocycles. The van der Waals surface area contributed by atoms with Crippen molar-refractivity contribution in [3.05, 3.63) is 71.3 Å². The molecule has 1 fully saturated rings. The molecule has 4 atom stereocenters. The van der Waals surface area contributed by atoms with E-state index >= 15 is 0 Å². The Morgan fingerprint density at radius 2 is 1.65 bits per heavy atom. The van der Waals surface area contributed by atoms with E-state index < -0.39 is 35.1 Å². The predicted octanol–water partition coefficient (Wildman–Crippen LogP) is 3.11. The standard InChI is InChI=1S/C19H17FO5S/c1-11-7-5-6-10-13(11)17(22)25-19-15(14(20)18(23)26-19)24-16(21)12-8-3-2-4-9-12/h2-10,14-15,18-19,23H,1H3/t14-,15-,18?,19+/m0/s1. The fraction of sp³-hybridized carbons (Fsp3) is 0.263. The van der Waals surface area contributed by atoms with Crippen LogP contribution in [-0.2, 0) is 9.47 Å². The topological polar surface area (TPSA) is 72.8 Å². The molecule has 26 heavy (non-hydrogen) atoms. The number of aliphatic hydroxyl groups excluding tert-OH is 1. The van der Waals surface area contributed by atoms with Crippen LogP contribution >= 0.6 is 11.8 Å². The molecule has 1 N–H and O–H groups in total. The number of esters is 2. The Kier molecular flexibility index (Phi) is 5.58. The average Bonchev–Trinajstić information content (AvgIpc) is 2.90. The van der Waals surface area contributed by atoms with E-state index in [2.05, 4.69) is 0 Å². The van der Waals surface area contributed by atoms with Crippen LogP contribution in [0.2, 0.25) is 0 Å². The van der Waals surface area contributed by atoms with Gasteiger partial charge in [-0.25, -0.2) is 14.0 Å². The van der Waals surface area contributed by atoms with E-state index in [0.717, 1.165) is 0 Å². The van der Waals surface area contributed by atoms with Crippen molar-refractivity contribution < 1.29 is 28.6 Å². The summed E-state index contributed by atoms with van der Waals surface area (Å²) < 4.78 is 24.8. The summed E-state index contributed by atoms with van der Waals surface area (Å²) in [5.41, 5.74) is -1.30. The van der Waals surface area contributed by atoms with E-state index in [0.29, 0.717) is 22.9 Å². The maximum atomic E-state index is 14.3. The quantitative estimate of drug-likeness (QED) is 0.827. The zero-order valence-corrected chi connectivity index (χ0v) is 14.7. The number of rotatable bonds is 4. The fourth-order valence-electron chi connectivity index (χ4n) is 2.55. The summed E-state index contributed by atoms with van der Waals surface area (Å²) in [4.78, 5) is 24.5. The molecule has 0 aromatic heterocycles. The zero-order valence-electron chi connectivity index (χ0n) is 13.9. The number of carbonyl (C=O) groups is 2. The van der Waals surface area contributed by atoms with E-state index in [4.69, 9.17) is 9.47 Å². The van der Waals surface area contributed by atoms with Gasteiger partial charge in [-0.15, -0.1) is 0 Å². The molecular formula is C19H17FO5S. The third-order valence-corrected chi connectivity index (χ3v) is 5.14. The molecule has 0 radical (unpaired) electrons. The van der Waals surface area contributed by atoms with Crippen LogP contribution in [0.4, 0.5) is 4.39 Å². The molecular weight excluding hydrogens is 359 g/mol. The Bertz CT molecular complexity index is 798. The van der Waals surface area contributed by atoms with Crippen molar-refractivity contribution in [2.45, 2.75) is 30.1 Å². The van der Waals surface area contributed by atoms with E-state index in [-0.39, 0.29) is 5.56 Å². The van der Waals surface area contributed by atoms with Crippen molar-refractivity contribution in [1.29, 1.82) is 0 Å². The summed E-state index contributed by atoms with van der Waals surface area (Å²) in [6.45, 7) is 1.75. The van der Waals surface area contributed by atoms with Gasteiger partial charge in [0.15, 0.2) is 17.7 Å². The van der Waals surface area contributed by atoms with Crippen molar-refractivity contribution in [1.82, 2.24) is 0 Å². The van der Waals surface area contributed by atoms with Gasteiger partial charge in [0, 0.05) is 0 Å². The summed E-state index contributed by atoms with van der Waals surface area (Å²) in [5.74, 6) is -1.41. The third kappa shape index (κ3) is 3.89. The maximum Gasteiger partial charge on any atom is 0.339 e. The van der Waals surface area contributed by atoms with Crippen molar-refractivity contribution in [2.24, 2.45) is 0 Å². The van der Waals surface area contributed by atoms with Gasteiger partial charge in [0.25, 0.3) is 0 Å². The Hall–Kier alpha value is -2.38. The number of alkyl halides is 1. The molecule has 1 heterocycles. The van der Waals surface area contributed by atoms with Gasteiger partial charge in [-0.05, 0) is 30.7 Å². The van der Waals surface area contributed by atoms with Gasteiger partial charge in [0.05, 0.1) is 11.1 Å². The monoisotopic (exact) mass is 376 g/mol. The highest BCUT2D eigenvalue weighted by molar-refractivity contribution is 8.00. The zero-order chi connectivity index (χ0) is 18.7. The minimum Gasteiger partial charge on any atom is -0.451 e. The summed E-state index contributed by atoms with van der Waals surface area (Å²) in [6.07, 6.45) is -3.25. The molecule has 1 aliphatic rings. The van der Waals surface area contributed by atoms with Crippen LogP contribution in [0.3, 0.4) is 0 Å². The largest absolute Gasteiger partial charge is 0.451 e. The Labute approximate surface area is 154 Å². The van der Waals surface area contributed by atoms with Crippen molar-refractivity contribution in [2.75, 3.05) is 0 Å². The van der Waals surface area contributed by atoms with E-state index in [1.807, 2.05) is 0 Å². The number of ether oxygens (including phenoxy) is 2. The van der Waals surface area contributed by atoms with Gasteiger partial charge in [-0.1, -0.05) is 48.2 Å². The molecule has 1 unspecified atom stereocenters. The lowest BCUT2D eigenvalue weighted by molar-refractivity contribution is -0.0388. The SMILES string of the molecule is Cc1ccccc1C(=O)O[C@@H]1SC(O)[C@@H](F)[C@@H]1OC(=O)c1ccccc1. The molecule has 7 heteroatoms. The number of thioether (sulfide) groups is 1. The van der Waals surface area contributed by atoms with Crippen LogP contribution in [0.25, 0.3) is 0 Å². The average molecular weight is 376 g/mol. The number of halogens is 1. The Balaban J connectivity index is 1.74. The Morgan fingerprint density at radius 1 is 1.00 bits per heavy atom. The first-order chi connectivity index (χ1) is 12.5. The second-order valence-electron chi connectivity index (χ2n) is 5.80. The molecule has 2 aromatic rings. The maximum absolute atomic E-state index is 14.3. The molecule has 0 aliphatic carbocycles. The molecule has 0 spiro atoms. The van der Waals surface area contributed by atoms with E-state index in [1.165, 1.54) is 12.1 Å². The number of benzene rings is 2. The lowest BCUT2D eigenvalue weighted by Crippen LogP contribution is -2.36. The predicted molar refractivity (Wildman–Crippen MR) is 94.5 cm³/mol. The molecule has 0 bridgehead atoms. The van der Waals surface area contributed by atoms with Crippen molar-refractivity contribution in [3.8, 4) is 0 Å². The van der Waals surface area contributed by atoms with E-state index in [1.54, 1.807) is 49.4 Å². The summed E-state index contributed by atoms with van der Waals surface area (Å²) >= 11 is 0.708. The molecule has 5 nitrogen and oxygen atoms in total. The van der Waals surface area contributed by atoms with Crippen LogP contribution in [0.1, 0.15) is 26.3 Å². The lowest BCUT2D eigenvalue weighted by Gasteiger charge is -2.21. The molecule has 2 aromatic carbocycles. The normalized spacial score (nSPS) is 24.9. The van der Waals surface area contributed by atoms with Gasteiger partial charge in [0.2, 0.25) is 0 Å². The lowest BCUT2D eigenvalue weighted by atomic mass is 10.1. The number of aliphatic hydroxyl groups is 1. The first-order valence-corrected chi connectivity index (χ1v) is 8.92. The van der Waals surface area contributed by atoms with Gasteiger partial charge in [-0.2, -0.15) is 0 Å². The minimum atomic E-state index is -1.86. The highest BCUT2D eigenvalue weighted by atomic mass is 32.2. The van der Waals surface area contributed by atoms with Crippen molar-refractivity contribution in [3.63, 3.8) is 0 Å². The van der Waals surface area contributed by atoms with Gasteiger partial charge in [0.1, 0.15) is 5.44 Å². The number of hydrogen-bond donors (Lipinski definition) is 1. The smallest absolute Gasteiger partial charge is 0.339 e. The second-order valence-corrected chi connectivity index (χ2v) is 7.02. The van der Waals surface area contributed by atoms with Crippen molar-refractivity contribution >= 4 is 23.7 Å². The van der Waals surface area contributed by atoms with Crippen LogP contribution < -0.4 is 0 Å². The first-order valence-electron chi connectivity index (χ1n) is 7.97. The number of aryl methyl sites for hydroxylation is 1. The van der Waals surface area contributed by atoms with Gasteiger partial charge >= 0.3 is 11.9 Å². The molecule has 0 saturated carbocycles. The number of hydrogen-bond acceptors (Lipinski definition) is 6. The van der Waals surface area contributed by atoms with Crippen LogP contribution in [0, 0.1) is 6.92 Å². The highest BCUT2D eigenvalue weighted by Crippen LogP contribution is 2.38.